The van der Waals surface area contributed by atoms with Gasteiger partial charge in [-0.25, -0.2) is 0 Å². The zero-order valence-corrected chi connectivity index (χ0v) is 15.7. The highest BCUT2D eigenvalue weighted by Crippen LogP contribution is 2.37. The smallest absolute Gasteiger partial charge is 0.258 e. The number of carbonyl (C=O) groups is 1. The fourth-order valence-corrected chi connectivity index (χ4v) is 3.66. The van der Waals surface area contributed by atoms with Crippen LogP contribution in [0.5, 0.6) is 5.75 Å². The molecule has 1 unspecified atom stereocenters. The van der Waals surface area contributed by atoms with Crippen LogP contribution in [0.15, 0.2) is 47.0 Å². The number of anilines is 1. The summed E-state index contributed by atoms with van der Waals surface area (Å²) in [5, 5.41) is 4.66. The van der Waals surface area contributed by atoms with Gasteiger partial charge in [-0.15, -0.1) is 0 Å². The second-order valence-electron chi connectivity index (χ2n) is 6.50. The number of benzene rings is 2. The molecule has 0 saturated carbocycles. The summed E-state index contributed by atoms with van der Waals surface area (Å²) in [6, 6.07) is 13.0. The molecule has 0 radical (unpaired) electrons. The van der Waals surface area contributed by atoms with Crippen LogP contribution >= 0.6 is 11.6 Å². The van der Waals surface area contributed by atoms with E-state index in [1.54, 1.807) is 18.1 Å². The van der Waals surface area contributed by atoms with Gasteiger partial charge in [-0.05, 0) is 36.8 Å². The number of nitrogens with zero attached hydrogens (tertiary/aromatic N) is 3. The highest BCUT2D eigenvalue weighted by molar-refractivity contribution is 6.34. The van der Waals surface area contributed by atoms with Gasteiger partial charge >= 0.3 is 0 Å². The number of aryl methyl sites for hydroxylation is 1. The average Bonchev–Trinajstić information content (AvgIpc) is 3.29. The summed E-state index contributed by atoms with van der Waals surface area (Å²) < 4.78 is 10.6. The van der Waals surface area contributed by atoms with Crippen LogP contribution in [0, 0.1) is 6.92 Å². The number of aromatic nitrogens is 2. The van der Waals surface area contributed by atoms with E-state index >= 15 is 0 Å². The van der Waals surface area contributed by atoms with Crippen molar-refractivity contribution in [3.63, 3.8) is 0 Å². The predicted octanol–water partition coefficient (Wildman–Crippen LogP) is 4.23. The van der Waals surface area contributed by atoms with Crippen molar-refractivity contribution in [2.75, 3.05) is 18.6 Å². The molecule has 0 spiro atoms. The van der Waals surface area contributed by atoms with Crippen molar-refractivity contribution in [1.29, 1.82) is 0 Å². The average molecular weight is 384 g/mol. The largest absolute Gasteiger partial charge is 0.497 e. The fourth-order valence-electron chi connectivity index (χ4n) is 3.34. The first kappa shape index (κ1) is 17.5. The number of rotatable bonds is 4. The summed E-state index contributed by atoms with van der Waals surface area (Å²) in [5.74, 6) is 1.50. The van der Waals surface area contributed by atoms with Gasteiger partial charge in [0.1, 0.15) is 5.75 Å². The summed E-state index contributed by atoms with van der Waals surface area (Å²) >= 11 is 6.33. The summed E-state index contributed by atoms with van der Waals surface area (Å²) in [5.41, 5.74) is 2.49. The molecule has 27 heavy (non-hydrogen) atoms. The molecule has 6 nitrogen and oxygen atoms in total. The highest BCUT2D eigenvalue weighted by atomic mass is 35.5. The Balaban J connectivity index is 1.59. The lowest BCUT2D eigenvalue weighted by Crippen LogP contribution is -2.25. The van der Waals surface area contributed by atoms with Gasteiger partial charge in [0, 0.05) is 24.4 Å². The predicted molar refractivity (Wildman–Crippen MR) is 102 cm³/mol. The zero-order chi connectivity index (χ0) is 19.0. The van der Waals surface area contributed by atoms with Crippen LogP contribution in [0.25, 0.3) is 11.5 Å². The Morgan fingerprint density at radius 2 is 2.07 bits per heavy atom. The number of carbonyl (C=O) groups excluding carboxylic acids is 1. The lowest BCUT2D eigenvalue weighted by atomic mass is 10.1. The van der Waals surface area contributed by atoms with Crippen molar-refractivity contribution in [2.45, 2.75) is 19.3 Å². The first-order chi connectivity index (χ1) is 13.1. The minimum absolute atomic E-state index is 0.00364. The molecule has 1 aliphatic heterocycles. The van der Waals surface area contributed by atoms with Gasteiger partial charge in [-0.3, -0.25) is 4.79 Å². The summed E-state index contributed by atoms with van der Waals surface area (Å²) in [6.07, 6.45) is 0.321. The van der Waals surface area contributed by atoms with Gasteiger partial charge in [0.25, 0.3) is 5.89 Å². The Bertz CT molecular complexity index is 981. The second-order valence-corrected chi connectivity index (χ2v) is 6.91. The number of halogens is 1. The number of para-hydroxylation sites is 1. The topological polar surface area (TPSA) is 68.5 Å². The third-order valence-corrected chi connectivity index (χ3v) is 5.01. The van der Waals surface area contributed by atoms with Gasteiger partial charge in [-0.1, -0.05) is 35.0 Å². The molecular formula is C20H18ClN3O3. The number of hydrogen-bond acceptors (Lipinski definition) is 5. The van der Waals surface area contributed by atoms with Gasteiger partial charge in [-0.2, -0.15) is 4.98 Å². The normalized spacial score (nSPS) is 16.8. The molecule has 0 N–H and O–H groups in total. The van der Waals surface area contributed by atoms with Crippen LogP contribution in [-0.4, -0.2) is 29.7 Å². The Hall–Kier alpha value is -2.86. The molecule has 2 heterocycles. The molecule has 0 aliphatic carbocycles. The molecule has 4 rings (SSSR count). The zero-order valence-electron chi connectivity index (χ0n) is 15.0. The molecule has 1 saturated heterocycles. The lowest BCUT2D eigenvalue weighted by Gasteiger charge is -2.20. The standard InChI is InChI=1S/C20H18ClN3O3/c1-12-5-3-8-16(21)18(12)24-11-14(10-17(24)25)19-22-20(27-23-19)13-6-4-7-15(9-13)26-2/h3-9,14H,10-11H2,1-2H3. The van der Waals surface area contributed by atoms with Gasteiger partial charge < -0.3 is 14.2 Å². The van der Waals surface area contributed by atoms with E-state index in [9.17, 15) is 4.79 Å². The van der Waals surface area contributed by atoms with Gasteiger partial charge in [0.15, 0.2) is 5.82 Å². The second kappa shape index (κ2) is 7.04. The molecular weight excluding hydrogens is 366 g/mol. The quantitative estimate of drug-likeness (QED) is 0.674. The maximum Gasteiger partial charge on any atom is 0.258 e. The minimum atomic E-state index is -0.142. The highest BCUT2D eigenvalue weighted by Gasteiger charge is 2.36. The first-order valence-electron chi connectivity index (χ1n) is 8.60. The molecule has 2 aromatic carbocycles. The van der Waals surface area contributed by atoms with Crippen LogP contribution < -0.4 is 9.64 Å². The SMILES string of the molecule is COc1cccc(-c2nc(C3CC(=O)N(c4c(C)cccc4Cl)C3)no2)c1. The number of methoxy groups -OCH3 is 1. The Kier molecular flexibility index (Phi) is 4.58. The monoisotopic (exact) mass is 383 g/mol. The van der Waals surface area contributed by atoms with E-state index in [2.05, 4.69) is 10.1 Å². The molecule has 1 aromatic heterocycles. The summed E-state index contributed by atoms with van der Waals surface area (Å²) in [4.78, 5) is 18.8. The Morgan fingerprint density at radius 1 is 1.26 bits per heavy atom. The van der Waals surface area contributed by atoms with Crippen molar-refractivity contribution in [3.8, 4) is 17.2 Å². The van der Waals surface area contributed by atoms with E-state index in [0.29, 0.717) is 35.5 Å². The van der Waals surface area contributed by atoms with Crippen LogP contribution in [0.2, 0.25) is 5.02 Å². The minimum Gasteiger partial charge on any atom is -0.497 e. The van der Waals surface area contributed by atoms with E-state index in [1.165, 1.54) is 0 Å². The molecule has 7 heteroatoms. The Labute approximate surface area is 161 Å². The third kappa shape index (κ3) is 3.28. The van der Waals surface area contributed by atoms with Crippen LogP contribution in [0.1, 0.15) is 23.7 Å². The molecule has 3 aromatic rings. The molecule has 1 atom stereocenters. The molecule has 138 valence electrons. The van der Waals surface area contributed by atoms with Crippen molar-refractivity contribution < 1.29 is 14.1 Å². The van der Waals surface area contributed by atoms with E-state index < -0.39 is 0 Å². The van der Waals surface area contributed by atoms with E-state index in [0.717, 1.165) is 16.8 Å². The first-order valence-corrected chi connectivity index (χ1v) is 8.98. The fraction of sp³-hybridized carbons (Fsp3) is 0.250. The molecule has 1 aliphatic rings. The summed E-state index contributed by atoms with van der Waals surface area (Å²) in [6.45, 7) is 2.41. The van der Waals surface area contributed by atoms with Crippen LogP contribution in [0.3, 0.4) is 0 Å². The van der Waals surface area contributed by atoms with E-state index in [-0.39, 0.29) is 11.8 Å². The number of ether oxygens (including phenoxy) is 1. The van der Waals surface area contributed by atoms with Gasteiger partial charge in [0.2, 0.25) is 5.91 Å². The van der Waals surface area contributed by atoms with Crippen molar-refractivity contribution >= 4 is 23.2 Å². The van der Waals surface area contributed by atoms with Crippen molar-refractivity contribution in [3.05, 3.63) is 58.9 Å². The lowest BCUT2D eigenvalue weighted by molar-refractivity contribution is -0.117. The van der Waals surface area contributed by atoms with Crippen molar-refractivity contribution in [1.82, 2.24) is 10.1 Å². The van der Waals surface area contributed by atoms with Crippen LogP contribution in [0.4, 0.5) is 5.69 Å². The number of amides is 1. The molecule has 1 fully saturated rings. The van der Waals surface area contributed by atoms with Crippen molar-refractivity contribution in [2.24, 2.45) is 0 Å². The maximum absolute atomic E-state index is 12.6. The molecule has 1 amide bonds. The summed E-state index contributed by atoms with van der Waals surface area (Å²) in [7, 11) is 1.60. The third-order valence-electron chi connectivity index (χ3n) is 4.71. The number of hydrogen-bond donors (Lipinski definition) is 0. The van der Waals surface area contributed by atoms with Gasteiger partial charge in [0.05, 0.1) is 17.8 Å². The Morgan fingerprint density at radius 3 is 2.85 bits per heavy atom. The van der Waals surface area contributed by atoms with E-state index in [4.69, 9.17) is 20.9 Å². The van der Waals surface area contributed by atoms with E-state index in [1.807, 2.05) is 43.3 Å². The van der Waals surface area contributed by atoms with Crippen LogP contribution in [-0.2, 0) is 4.79 Å². The molecule has 0 bridgehead atoms. The maximum atomic E-state index is 12.6.